The van der Waals surface area contributed by atoms with Crippen molar-refractivity contribution in [2.24, 2.45) is 7.05 Å². The summed E-state index contributed by atoms with van der Waals surface area (Å²) in [5, 5.41) is 7.33. The van der Waals surface area contributed by atoms with Crippen molar-refractivity contribution in [1.29, 1.82) is 0 Å². The van der Waals surface area contributed by atoms with Gasteiger partial charge in [0, 0.05) is 42.9 Å². The van der Waals surface area contributed by atoms with E-state index in [0.717, 1.165) is 34.7 Å². The number of aryl methyl sites for hydroxylation is 2. The van der Waals surface area contributed by atoms with Crippen molar-refractivity contribution in [2.45, 2.75) is 26.8 Å². The first-order chi connectivity index (χ1) is 11.5. The Morgan fingerprint density at radius 3 is 2.79 bits per heavy atom. The van der Waals surface area contributed by atoms with Gasteiger partial charge in [-0.2, -0.15) is 5.10 Å². The maximum absolute atomic E-state index is 12.4. The van der Waals surface area contributed by atoms with E-state index in [1.807, 2.05) is 60.6 Å². The van der Waals surface area contributed by atoms with E-state index < -0.39 is 0 Å². The zero-order chi connectivity index (χ0) is 17.1. The number of anilines is 1. The molecule has 0 aliphatic rings. The van der Waals surface area contributed by atoms with Crippen molar-refractivity contribution in [3.05, 3.63) is 65.5 Å². The molecular formula is C18H21N5O. The number of imidazole rings is 1. The average Bonchev–Trinajstić information content (AvgIpc) is 3.12. The third kappa shape index (κ3) is 3.53. The van der Waals surface area contributed by atoms with Crippen LogP contribution >= 0.6 is 0 Å². The Balaban J connectivity index is 1.68. The van der Waals surface area contributed by atoms with Crippen molar-refractivity contribution in [3.8, 4) is 0 Å². The van der Waals surface area contributed by atoms with Gasteiger partial charge in [0.1, 0.15) is 0 Å². The zero-order valence-electron chi connectivity index (χ0n) is 14.2. The second-order valence-electron chi connectivity index (χ2n) is 5.93. The molecule has 24 heavy (non-hydrogen) atoms. The number of carbonyl (C=O) groups is 1. The van der Waals surface area contributed by atoms with E-state index in [9.17, 15) is 4.79 Å². The Morgan fingerprint density at radius 1 is 1.29 bits per heavy atom. The maximum atomic E-state index is 12.4. The SMILES string of the molecule is Cc1nn(C)c(C)c1CC(=O)Nc1cccc(Cn2ccnc2)c1. The lowest BCUT2D eigenvalue weighted by atomic mass is 10.1. The van der Waals surface area contributed by atoms with E-state index in [4.69, 9.17) is 0 Å². The minimum Gasteiger partial charge on any atom is -0.333 e. The monoisotopic (exact) mass is 323 g/mol. The first-order valence-corrected chi connectivity index (χ1v) is 7.86. The Labute approximate surface area is 141 Å². The fourth-order valence-electron chi connectivity index (χ4n) is 2.78. The zero-order valence-corrected chi connectivity index (χ0v) is 14.2. The molecule has 1 N–H and O–H groups in total. The number of hydrogen-bond acceptors (Lipinski definition) is 3. The standard InChI is InChI=1S/C18H21N5O/c1-13-17(14(2)22(3)21-13)10-18(24)20-16-6-4-5-15(9-16)11-23-8-7-19-12-23/h4-9,12H,10-11H2,1-3H3,(H,20,24). The molecule has 0 radical (unpaired) electrons. The fourth-order valence-corrected chi connectivity index (χ4v) is 2.78. The van der Waals surface area contributed by atoms with Crippen LogP contribution in [0.5, 0.6) is 0 Å². The van der Waals surface area contributed by atoms with Gasteiger partial charge in [0.05, 0.1) is 18.4 Å². The van der Waals surface area contributed by atoms with Crippen LogP contribution in [-0.2, 0) is 24.8 Å². The first-order valence-electron chi connectivity index (χ1n) is 7.86. The number of nitrogens with one attached hydrogen (secondary N) is 1. The lowest BCUT2D eigenvalue weighted by Gasteiger charge is -2.08. The molecule has 0 bridgehead atoms. The molecule has 0 aliphatic heterocycles. The van der Waals surface area contributed by atoms with E-state index in [0.29, 0.717) is 6.42 Å². The van der Waals surface area contributed by atoms with Crippen molar-refractivity contribution in [2.75, 3.05) is 5.32 Å². The summed E-state index contributed by atoms with van der Waals surface area (Å²) in [7, 11) is 1.89. The van der Waals surface area contributed by atoms with Crippen LogP contribution in [0.3, 0.4) is 0 Å². The van der Waals surface area contributed by atoms with Crippen molar-refractivity contribution in [3.63, 3.8) is 0 Å². The van der Waals surface area contributed by atoms with Crippen LogP contribution in [-0.4, -0.2) is 25.2 Å². The van der Waals surface area contributed by atoms with E-state index in [2.05, 4.69) is 15.4 Å². The number of rotatable bonds is 5. The van der Waals surface area contributed by atoms with Gasteiger partial charge in [0.15, 0.2) is 0 Å². The predicted octanol–water partition coefficient (Wildman–Crippen LogP) is 2.46. The fraction of sp³-hybridized carbons (Fsp3) is 0.278. The molecule has 0 atom stereocenters. The lowest BCUT2D eigenvalue weighted by Crippen LogP contribution is -2.15. The summed E-state index contributed by atoms with van der Waals surface area (Å²) in [6.45, 7) is 4.64. The summed E-state index contributed by atoms with van der Waals surface area (Å²) in [5.74, 6) is -0.0334. The van der Waals surface area contributed by atoms with E-state index in [1.165, 1.54) is 0 Å². The molecule has 1 amide bonds. The molecule has 0 unspecified atom stereocenters. The van der Waals surface area contributed by atoms with Gasteiger partial charge in [-0.25, -0.2) is 4.98 Å². The van der Waals surface area contributed by atoms with Crippen molar-refractivity contribution in [1.82, 2.24) is 19.3 Å². The Kier molecular flexibility index (Phi) is 4.46. The number of nitrogens with zero attached hydrogens (tertiary/aromatic N) is 4. The third-order valence-corrected chi connectivity index (χ3v) is 4.13. The molecule has 2 aromatic heterocycles. The van der Waals surface area contributed by atoms with Crippen LogP contribution in [0.25, 0.3) is 0 Å². The summed E-state index contributed by atoms with van der Waals surface area (Å²) >= 11 is 0. The van der Waals surface area contributed by atoms with Crippen LogP contribution < -0.4 is 5.32 Å². The second-order valence-corrected chi connectivity index (χ2v) is 5.93. The van der Waals surface area contributed by atoms with Crippen molar-refractivity contribution < 1.29 is 4.79 Å². The van der Waals surface area contributed by atoms with Gasteiger partial charge in [-0.1, -0.05) is 12.1 Å². The molecule has 3 aromatic rings. The van der Waals surface area contributed by atoms with Gasteiger partial charge < -0.3 is 9.88 Å². The number of carbonyl (C=O) groups excluding carboxylic acids is 1. The average molecular weight is 323 g/mol. The molecule has 6 heteroatoms. The van der Waals surface area contributed by atoms with Gasteiger partial charge in [-0.05, 0) is 31.5 Å². The summed E-state index contributed by atoms with van der Waals surface area (Å²) < 4.78 is 3.80. The first kappa shape index (κ1) is 16.0. The molecule has 1 aromatic carbocycles. The predicted molar refractivity (Wildman–Crippen MR) is 92.8 cm³/mol. The lowest BCUT2D eigenvalue weighted by molar-refractivity contribution is -0.115. The summed E-state index contributed by atoms with van der Waals surface area (Å²) in [4.78, 5) is 16.4. The van der Waals surface area contributed by atoms with Gasteiger partial charge in [-0.3, -0.25) is 9.48 Å². The smallest absolute Gasteiger partial charge is 0.228 e. The van der Waals surface area contributed by atoms with E-state index in [-0.39, 0.29) is 5.91 Å². The molecule has 0 spiro atoms. The highest BCUT2D eigenvalue weighted by Crippen LogP contribution is 2.15. The summed E-state index contributed by atoms with van der Waals surface area (Å²) in [6, 6.07) is 7.87. The van der Waals surface area contributed by atoms with Gasteiger partial charge in [-0.15, -0.1) is 0 Å². The Hall–Kier alpha value is -2.89. The molecule has 0 saturated carbocycles. The van der Waals surface area contributed by atoms with Crippen LogP contribution in [0.1, 0.15) is 22.5 Å². The largest absolute Gasteiger partial charge is 0.333 e. The molecule has 3 rings (SSSR count). The van der Waals surface area contributed by atoms with Crippen LogP contribution in [0.4, 0.5) is 5.69 Å². The minimum atomic E-state index is -0.0334. The molecule has 124 valence electrons. The van der Waals surface area contributed by atoms with Crippen LogP contribution in [0.15, 0.2) is 43.0 Å². The second kappa shape index (κ2) is 6.70. The summed E-state index contributed by atoms with van der Waals surface area (Å²) in [5.41, 5.74) is 4.83. The number of hydrogen-bond donors (Lipinski definition) is 1. The Morgan fingerprint density at radius 2 is 2.12 bits per heavy atom. The van der Waals surface area contributed by atoms with E-state index in [1.54, 1.807) is 12.5 Å². The molecule has 0 aliphatic carbocycles. The maximum Gasteiger partial charge on any atom is 0.228 e. The van der Waals surface area contributed by atoms with E-state index >= 15 is 0 Å². The third-order valence-electron chi connectivity index (χ3n) is 4.13. The molecular weight excluding hydrogens is 302 g/mol. The highest BCUT2D eigenvalue weighted by Gasteiger charge is 2.13. The topological polar surface area (TPSA) is 64.7 Å². The van der Waals surface area contributed by atoms with Gasteiger partial charge in [0.2, 0.25) is 5.91 Å². The van der Waals surface area contributed by atoms with Gasteiger partial charge in [0.25, 0.3) is 0 Å². The van der Waals surface area contributed by atoms with Crippen LogP contribution in [0.2, 0.25) is 0 Å². The van der Waals surface area contributed by atoms with Gasteiger partial charge >= 0.3 is 0 Å². The number of amides is 1. The Bertz CT molecular complexity index is 848. The van der Waals surface area contributed by atoms with Crippen LogP contribution in [0, 0.1) is 13.8 Å². The quantitative estimate of drug-likeness (QED) is 0.784. The summed E-state index contributed by atoms with van der Waals surface area (Å²) in [6.07, 6.45) is 5.78. The molecule has 6 nitrogen and oxygen atoms in total. The molecule has 2 heterocycles. The number of benzene rings is 1. The number of aromatic nitrogens is 4. The highest BCUT2D eigenvalue weighted by molar-refractivity contribution is 5.92. The van der Waals surface area contributed by atoms with Crippen molar-refractivity contribution >= 4 is 11.6 Å². The highest BCUT2D eigenvalue weighted by atomic mass is 16.1. The minimum absolute atomic E-state index is 0.0334. The normalized spacial score (nSPS) is 10.8. The molecule has 0 saturated heterocycles. The molecule has 0 fully saturated rings.